The molecule has 0 heterocycles. The number of hydrogen-bond acceptors (Lipinski definition) is 4. The Hall–Kier alpha value is -1.59. The Morgan fingerprint density at radius 3 is 2.78 bits per heavy atom. The number of nitrogens with two attached hydrogens (primary N) is 1. The molecule has 5 nitrogen and oxygen atoms in total. The van der Waals surface area contributed by atoms with Gasteiger partial charge in [0.15, 0.2) is 0 Å². The summed E-state index contributed by atoms with van der Waals surface area (Å²) in [5.41, 5.74) is 7.79. The van der Waals surface area contributed by atoms with Crippen LogP contribution in [0.4, 0.5) is 0 Å². The predicted molar refractivity (Wildman–Crippen MR) is 71.5 cm³/mol. The normalized spacial score (nSPS) is 11.7. The molecule has 0 bridgehead atoms. The van der Waals surface area contributed by atoms with Crippen molar-refractivity contribution < 1.29 is 9.94 Å². The van der Waals surface area contributed by atoms with Gasteiger partial charge in [-0.05, 0) is 18.1 Å². The van der Waals surface area contributed by atoms with Crippen LogP contribution in [0.1, 0.15) is 24.5 Å². The molecular weight excluding hydrogens is 230 g/mol. The first kappa shape index (κ1) is 14.5. The van der Waals surface area contributed by atoms with Crippen molar-refractivity contribution in [3.8, 4) is 0 Å². The van der Waals surface area contributed by atoms with Gasteiger partial charge in [-0.2, -0.15) is 0 Å². The van der Waals surface area contributed by atoms with Gasteiger partial charge in [0.2, 0.25) is 0 Å². The maximum atomic E-state index is 8.41. The molecule has 0 spiro atoms. The van der Waals surface area contributed by atoms with E-state index >= 15 is 0 Å². The van der Waals surface area contributed by atoms with Gasteiger partial charge in [-0.1, -0.05) is 29.4 Å². The average molecular weight is 251 g/mol. The number of rotatable bonds is 8. The molecule has 0 aliphatic heterocycles. The Labute approximate surface area is 108 Å². The van der Waals surface area contributed by atoms with Gasteiger partial charge < -0.3 is 21.0 Å². The number of benzene rings is 1. The van der Waals surface area contributed by atoms with Crippen molar-refractivity contribution in [3.05, 3.63) is 35.4 Å². The summed E-state index contributed by atoms with van der Waals surface area (Å²) in [5.74, 6) is 0.241. The van der Waals surface area contributed by atoms with E-state index in [0.29, 0.717) is 26.2 Å². The molecule has 1 rings (SSSR count). The van der Waals surface area contributed by atoms with E-state index in [2.05, 4.69) is 22.6 Å². The summed E-state index contributed by atoms with van der Waals surface area (Å²) in [6.45, 7) is 4.76. The molecule has 0 aromatic heterocycles. The molecule has 0 radical (unpaired) electrons. The molecule has 0 atom stereocenters. The third-order valence-corrected chi connectivity index (χ3v) is 2.58. The van der Waals surface area contributed by atoms with Crippen LogP contribution >= 0.6 is 0 Å². The first-order chi connectivity index (χ1) is 8.77. The molecule has 1 aromatic carbocycles. The SMILES string of the molecule is CCOCc1ccccc1CNCCC(N)=NO. The summed E-state index contributed by atoms with van der Waals surface area (Å²) in [7, 11) is 0. The quantitative estimate of drug-likeness (QED) is 0.215. The van der Waals surface area contributed by atoms with E-state index < -0.39 is 0 Å². The van der Waals surface area contributed by atoms with Crippen molar-refractivity contribution in [2.24, 2.45) is 10.9 Å². The number of amidine groups is 1. The minimum atomic E-state index is 0.241. The van der Waals surface area contributed by atoms with E-state index in [0.717, 1.165) is 6.54 Å². The Bertz CT molecular complexity index is 380. The lowest BCUT2D eigenvalue weighted by Gasteiger charge is -2.10. The summed E-state index contributed by atoms with van der Waals surface area (Å²) in [6, 6.07) is 8.16. The van der Waals surface area contributed by atoms with Gasteiger partial charge >= 0.3 is 0 Å². The lowest BCUT2D eigenvalue weighted by molar-refractivity contribution is 0.133. The minimum Gasteiger partial charge on any atom is -0.409 e. The van der Waals surface area contributed by atoms with E-state index in [1.165, 1.54) is 11.1 Å². The highest BCUT2D eigenvalue weighted by Crippen LogP contribution is 2.09. The number of nitrogens with zero attached hydrogens (tertiary/aromatic N) is 1. The largest absolute Gasteiger partial charge is 0.409 e. The molecule has 100 valence electrons. The van der Waals surface area contributed by atoms with Crippen molar-refractivity contribution in [3.63, 3.8) is 0 Å². The van der Waals surface area contributed by atoms with E-state index in [4.69, 9.17) is 15.7 Å². The van der Waals surface area contributed by atoms with Crippen LogP contribution < -0.4 is 11.1 Å². The average Bonchev–Trinajstić information content (AvgIpc) is 2.42. The van der Waals surface area contributed by atoms with E-state index in [9.17, 15) is 0 Å². The van der Waals surface area contributed by atoms with Crippen LogP contribution in [-0.4, -0.2) is 24.2 Å². The Balaban J connectivity index is 2.41. The maximum absolute atomic E-state index is 8.41. The van der Waals surface area contributed by atoms with Crippen LogP contribution in [0.25, 0.3) is 0 Å². The van der Waals surface area contributed by atoms with Crippen LogP contribution in [0.5, 0.6) is 0 Å². The van der Waals surface area contributed by atoms with Crippen LogP contribution in [0, 0.1) is 0 Å². The van der Waals surface area contributed by atoms with Crippen molar-refractivity contribution >= 4 is 5.84 Å². The second-order valence-corrected chi connectivity index (χ2v) is 3.92. The van der Waals surface area contributed by atoms with E-state index in [1.807, 2.05) is 19.1 Å². The first-order valence-corrected chi connectivity index (χ1v) is 6.09. The Morgan fingerprint density at radius 2 is 2.11 bits per heavy atom. The fourth-order valence-corrected chi connectivity index (χ4v) is 1.57. The molecule has 0 aliphatic carbocycles. The summed E-state index contributed by atoms with van der Waals surface area (Å²) < 4.78 is 5.42. The molecule has 0 aliphatic rings. The number of hydrogen-bond donors (Lipinski definition) is 3. The van der Waals surface area contributed by atoms with Gasteiger partial charge in [0.25, 0.3) is 0 Å². The van der Waals surface area contributed by atoms with Gasteiger partial charge in [-0.3, -0.25) is 0 Å². The van der Waals surface area contributed by atoms with E-state index in [-0.39, 0.29) is 5.84 Å². The van der Waals surface area contributed by atoms with Crippen LogP contribution in [0.3, 0.4) is 0 Å². The predicted octanol–water partition coefficient (Wildman–Crippen LogP) is 1.45. The van der Waals surface area contributed by atoms with Crippen LogP contribution in [0.15, 0.2) is 29.4 Å². The Kier molecular flexibility index (Phi) is 6.83. The monoisotopic (exact) mass is 251 g/mol. The summed E-state index contributed by atoms with van der Waals surface area (Å²) in [5, 5.41) is 14.6. The van der Waals surface area contributed by atoms with Gasteiger partial charge in [0.1, 0.15) is 5.84 Å². The molecular formula is C13H21N3O2. The molecule has 18 heavy (non-hydrogen) atoms. The molecule has 0 unspecified atom stereocenters. The molecule has 0 saturated heterocycles. The van der Waals surface area contributed by atoms with Gasteiger partial charge in [0.05, 0.1) is 6.61 Å². The fourth-order valence-electron chi connectivity index (χ4n) is 1.57. The van der Waals surface area contributed by atoms with Crippen LogP contribution in [0.2, 0.25) is 0 Å². The van der Waals surface area contributed by atoms with E-state index in [1.54, 1.807) is 0 Å². The lowest BCUT2D eigenvalue weighted by Crippen LogP contribution is -2.22. The maximum Gasteiger partial charge on any atom is 0.140 e. The molecule has 4 N–H and O–H groups in total. The van der Waals surface area contributed by atoms with Gasteiger partial charge in [0, 0.05) is 26.1 Å². The number of ether oxygens (including phenoxy) is 1. The van der Waals surface area contributed by atoms with Crippen molar-refractivity contribution in [1.29, 1.82) is 0 Å². The minimum absolute atomic E-state index is 0.241. The fraction of sp³-hybridized carbons (Fsp3) is 0.462. The molecule has 0 saturated carbocycles. The second kappa shape index (κ2) is 8.49. The summed E-state index contributed by atoms with van der Waals surface area (Å²) >= 11 is 0. The molecule has 5 heteroatoms. The molecule has 1 aromatic rings. The zero-order valence-electron chi connectivity index (χ0n) is 10.7. The highest BCUT2D eigenvalue weighted by molar-refractivity contribution is 5.79. The topological polar surface area (TPSA) is 79.9 Å². The second-order valence-electron chi connectivity index (χ2n) is 3.92. The highest BCUT2D eigenvalue weighted by Gasteiger charge is 2.01. The zero-order chi connectivity index (χ0) is 13.2. The summed E-state index contributed by atoms with van der Waals surface area (Å²) in [4.78, 5) is 0. The molecule has 0 amide bonds. The third-order valence-electron chi connectivity index (χ3n) is 2.58. The van der Waals surface area contributed by atoms with Crippen molar-refractivity contribution in [1.82, 2.24) is 5.32 Å². The van der Waals surface area contributed by atoms with Gasteiger partial charge in [-0.25, -0.2) is 0 Å². The van der Waals surface area contributed by atoms with Crippen molar-refractivity contribution in [2.75, 3.05) is 13.2 Å². The van der Waals surface area contributed by atoms with Crippen LogP contribution in [-0.2, 0) is 17.9 Å². The Morgan fingerprint density at radius 1 is 1.39 bits per heavy atom. The standard InChI is InChI=1S/C13H21N3O2/c1-2-18-10-12-6-4-3-5-11(12)9-15-8-7-13(14)16-17/h3-6,15,17H,2,7-10H2,1H3,(H2,14,16). The van der Waals surface area contributed by atoms with Gasteiger partial charge in [-0.15, -0.1) is 0 Å². The smallest absolute Gasteiger partial charge is 0.140 e. The first-order valence-electron chi connectivity index (χ1n) is 6.09. The zero-order valence-corrected chi connectivity index (χ0v) is 10.7. The third kappa shape index (κ3) is 5.16. The lowest BCUT2D eigenvalue weighted by atomic mass is 10.1. The molecule has 0 fully saturated rings. The number of nitrogens with one attached hydrogen (secondary N) is 1. The number of oxime groups is 1. The highest BCUT2D eigenvalue weighted by atomic mass is 16.5. The summed E-state index contributed by atoms with van der Waals surface area (Å²) in [6.07, 6.45) is 0.532. The van der Waals surface area contributed by atoms with Crippen molar-refractivity contribution in [2.45, 2.75) is 26.5 Å².